The van der Waals surface area contributed by atoms with E-state index < -0.39 is 5.54 Å². The molecule has 2 aromatic rings. The maximum atomic E-state index is 11.2. The molecule has 0 radical (unpaired) electrons. The number of nitrogens with one attached hydrogen (secondary N) is 1. The zero-order chi connectivity index (χ0) is 14.9. The molecule has 6 heteroatoms. The molecule has 108 valence electrons. The molecule has 0 saturated heterocycles. The van der Waals surface area contributed by atoms with Crippen molar-refractivity contribution in [1.82, 2.24) is 15.5 Å². The number of carbonyl (C=O) groups is 1. The number of hydrogen-bond acceptors (Lipinski definition) is 5. The molecule has 2 rings (SSSR count). The molecule has 0 aliphatic heterocycles. The quantitative estimate of drug-likeness (QED) is 0.929. The highest BCUT2D eigenvalue weighted by Crippen LogP contribution is 2.30. The van der Waals surface area contributed by atoms with Crippen molar-refractivity contribution in [2.24, 2.45) is 0 Å². The van der Waals surface area contributed by atoms with Crippen LogP contribution in [0.15, 0.2) is 21.3 Å². The van der Waals surface area contributed by atoms with Crippen LogP contribution in [-0.4, -0.2) is 16.0 Å². The molecular weight excluding hydrogens is 258 g/mol. The van der Waals surface area contributed by atoms with E-state index in [-0.39, 0.29) is 5.91 Å². The Bertz CT molecular complexity index is 611. The fraction of sp³-hybridized carbons (Fsp3) is 0.500. The van der Waals surface area contributed by atoms with E-state index in [1.54, 1.807) is 6.26 Å². The van der Waals surface area contributed by atoms with Gasteiger partial charge in [0.1, 0.15) is 0 Å². The summed E-state index contributed by atoms with van der Waals surface area (Å²) in [5.41, 5.74) is 0.315. The van der Waals surface area contributed by atoms with Crippen molar-refractivity contribution < 1.29 is 13.7 Å². The normalized spacial score (nSPS) is 11.9. The van der Waals surface area contributed by atoms with E-state index in [1.165, 1.54) is 6.92 Å². The van der Waals surface area contributed by atoms with Gasteiger partial charge >= 0.3 is 0 Å². The Morgan fingerprint density at radius 2 is 2.10 bits per heavy atom. The van der Waals surface area contributed by atoms with Gasteiger partial charge in [0.05, 0.1) is 11.8 Å². The van der Waals surface area contributed by atoms with Gasteiger partial charge in [0.25, 0.3) is 5.89 Å². The molecule has 0 saturated carbocycles. The van der Waals surface area contributed by atoms with Crippen molar-refractivity contribution in [3.8, 4) is 11.7 Å². The number of aromatic nitrogens is 2. The van der Waals surface area contributed by atoms with Gasteiger partial charge in [0.15, 0.2) is 11.6 Å². The Hall–Kier alpha value is -2.11. The smallest absolute Gasteiger partial charge is 0.294 e. The molecule has 0 spiro atoms. The Balaban J connectivity index is 2.33. The number of hydrogen-bond donors (Lipinski definition) is 1. The van der Waals surface area contributed by atoms with Crippen LogP contribution in [0.2, 0.25) is 0 Å². The lowest BCUT2D eigenvalue weighted by Gasteiger charge is -2.20. The lowest BCUT2D eigenvalue weighted by molar-refractivity contribution is -0.120. The maximum Gasteiger partial charge on any atom is 0.294 e. The molecular formula is C14H19N3O3. The number of amides is 1. The van der Waals surface area contributed by atoms with Crippen LogP contribution in [0.25, 0.3) is 11.7 Å². The summed E-state index contributed by atoms with van der Waals surface area (Å²) < 4.78 is 10.7. The van der Waals surface area contributed by atoms with Gasteiger partial charge in [-0.2, -0.15) is 4.98 Å². The maximum absolute atomic E-state index is 11.2. The van der Waals surface area contributed by atoms with Gasteiger partial charge in [-0.15, -0.1) is 0 Å². The second kappa shape index (κ2) is 5.11. The SMILES string of the molecule is CC(=O)NC(C)(C)c1noc(-c2occc2C(C)C)n1. The molecule has 2 heterocycles. The van der Waals surface area contributed by atoms with Crippen molar-refractivity contribution in [2.75, 3.05) is 0 Å². The summed E-state index contributed by atoms with van der Waals surface area (Å²) in [4.78, 5) is 15.5. The van der Waals surface area contributed by atoms with Crippen LogP contribution >= 0.6 is 0 Å². The summed E-state index contributed by atoms with van der Waals surface area (Å²) in [6.07, 6.45) is 1.60. The largest absolute Gasteiger partial charge is 0.459 e. The first-order valence-electron chi connectivity index (χ1n) is 6.52. The van der Waals surface area contributed by atoms with Gasteiger partial charge in [-0.3, -0.25) is 4.79 Å². The first kappa shape index (κ1) is 14.3. The van der Waals surface area contributed by atoms with E-state index in [0.29, 0.717) is 23.4 Å². The van der Waals surface area contributed by atoms with Crippen molar-refractivity contribution in [2.45, 2.75) is 46.1 Å². The minimum absolute atomic E-state index is 0.151. The predicted molar refractivity (Wildman–Crippen MR) is 72.9 cm³/mol. The zero-order valence-electron chi connectivity index (χ0n) is 12.4. The van der Waals surface area contributed by atoms with E-state index in [2.05, 4.69) is 29.3 Å². The van der Waals surface area contributed by atoms with Crippen LogP contribution in [0.1, 0.15) is 51.9 Å². The summed E-state index contributed by atoms with van der Waals surface area (Å²) in [6, 6.07) is 1.89. The fourth-order valence-electron chi connectivity index (χ4n) is 2.01. The minimum atomic E-state index is -0.696. The van der Waals surface area contributed by atoms with Gasteiger partial charge in [-0.05, 0) is 25.8 Å². The van der Waals surface area contributed by atoms with Crippen LogP contribution in [0.5, 0.6) is 0 Å². The third-order valence-corrected chi connectivity index (χ3v) is 2.99. The Morgan fingerprint density at radius 3 is 2.70 bits per heavy atom. The van der Waals surface area contributed by atoms with Crippen molar-refractivity contribution >= 4 is 5.91 Å². The first-order valence-corrected chi connectivity index (χ1v) is 6.52. The summed E-state index contributed by atoms with van der Waals surface area (Å²) in [5.74, 6) is 1.46. The molecule has 0 aliphatic rings. The average Bonchev–Trinajstić information content (AvgIpc) is 2.96. The topological polar surface area (TPSA) is 81.2 Å². The molecule has 0 aliphatic carbocycles. The lowest BCUT2D eigenvalue weighted by atomic mass is 10.0. The molecule has 6 nitrogen and oxygen atoms in total. The van der Waals surface area contributed by atoms with Crippen LogP contribution in [0, 0.1) is 0 Å². The molecule has 2 aromatic heterocycles. The van der Waals surface area contributed by atoms with E-state index in [9.17, 15) is 4.79 Å². The van der Waals surface area contributed by atoms with Crippen LogP contribution in [0.3, 0.4) is 0 Å². The highest BCUT2D eigenvalue weighted by atomic mass is 16.5. The van der Waals surface area contributed by atoms with E-state index in [0.717, 1.165) is 5.56 Å². The molecule has 0 unspecified atom stereocenters. The van der Waals surface area contributed by atoms with Gasteiger partial charge in [-0.25, -0.2) is 0 Å². The molecule has 1 amide bonds. The number of rotatable bonds is 4. The third-order valence-electron chi connectivity index (χ3n) is 2.99. The van der Waals surface area contributed by atoms with E-state index in [1.807, 2.05) is 19.9 Å². The Labute approximate surface area is 117 Å². The summed E-state index contributed by atoms with van der Waals surface area (Å²) >= 11 is 0. The number of furan rings is 1. The highest BCUT2D eigenvalue weighted by Gasteiger charge is 2.29. The summed E-state index contributed by atoms with van der Waals surface area (Å²) in [7, 11) is 0. The van der Waals surface area contributed by atoms with Crippen LogP contribution in [-0.2, 0) is 10.3 Å². The minimum Gasteiger partial charge on any atom is -0.459 e. The standard InChI is InChI=1S/C14H19N3O3/c1-8(2)10-6-7-19-11(10)12-15-13(17-20-12)14(4,5)16-9(3)18/h6-8H,1-5H3,(H,16,18). The van der Waals surface area contributed by atoms with Crippen LogP contribution < -0.4 is 5.32 Å². The zero-order valence-corrected chi connectivity index (χ0v) is 12.4. The molecule has 0 bridgehead atoms. The Morgan fingerprint density at radius 1 is 1.40 bits per heavy atom. The van der Waals surface area contributed by atoms with Gasteiger partial charge in [0, 0.05) is 12.5 Å². The van der Waals surface area contributed by atoms with Crippen molar-refractivity contribution in [3.63, 3.8) is 0 Å². The molecule has 20 heavy (non-hydrogen) atoms. The summed E-state index contributed by atoms with van der Waals surface area (Å²) in [5, 5.41) is 6.71. The van der Waals surface area contributed by atoms with E-state index >= 15 is 0 Å². The second-order valence-electron chi connectivity index (χ2n) is 5.59. The summed E-state index contributed by atoms with van der Waals surface area (Å²) in [6.45, 7) is 9.20. The number of nitrogens with zero attached hydrogens (tertiary/aromatic N) is 2. The van der Waals surface area contributed by atoms with Crippen LogP contribution in [0.4, 0.5) is 0 Å². The van der Waals surface area contributed by atoms with Gasteiger partial charge in [-0.1, -0.05) is 19.0 Å². The lowest BCUT2D eigenvalue weighted by Crippen LogP contribution is -2.40. The van der Waals surface area contributed by atoms with Gasteiger partial charge < -0.3 is 14.3 Å². The highest BCUT2D eigenvalue weighted by molar-refractivity contribution is 5.73. The van der Waals surface area contributed by atoms with Crippen molar-refractivity contribution in [1.29, 1.82) is 0 Å². The molecule has 0 aromatic carbocycles. The predicted octanol–water partition coefficient (Wildman–Crippen LogP) is 2.82. The number of carbonyl (C=O) groups excluding carboxylic acids is 1. The average molecular weight is 277 g/mol. The molecule has 1 N–H and O–H groups in total. The third kappa shape index (κ3) is 2.74. The Kier molecular flexibility index (Phi) is 3.65. The fourth-order valence-corrected chi connectivity index (χ4v) is 2.01. The van der Waals surface area contributed by atoms with Gasteiger partial charge in [0.2, 0.25) is 5.91 Å². The molecule has 0 atom stereocenters. The van der Waals surface area contributed by atoms with Crippen molar-refractivity contribution in [3.05, 3.63) is 23.7 Å². The molecule has 0 fully saturated rings. The monoisotopic (exact) mass is 277 g/mol. The second-order valence-corrected chi connectivity index (χ2v) is 5.59. The first-order chi connectivity index (χ1) is 9.31. The van der Waals surface area contributed by atoms with E-state index in [4.69, 9.17) is 8.94 Å².